The number of amides is 1. The molecule has 1 amide bonds. The molecule has 0 aliphatic carbocycles. The second-order valence-electron chi connectivity index (χ2n) is 10.00. The number of rotatable bonds is 4. The van der Waals surface area contributed by atoms with E-state index in [-0.39, 0.29) is 12.2 Å². The van der Waals surface area contributed by atoms with Crippen LogP contribution in [0.25, 0.3) is 10.9 Å². The molecule has 1 unspecified atom stereocenters. The number of hydrogen-bond acceptors (Lipinski definition) is 6. The van der Waals surface area contributed by atoms with Crippen LogP contribution in [-0.4, -0.2) is 40.1 Å². The van der Waals surface area contributed by atoms with E-state index in [0.717, 1.165) is 11.1 Å². The average Bonchev–Trinajstić information content (AvgIpc) is 3.56. The van der Waals surface area contributed by atoms with E-state index in [4.69, 9.17) is 0 Å². The number of hydrogen-bond donors (Lipinski definition) is 2. The van der Waals surface area contributed by atoms with E-state index >= 15 is 0 Å². The Morgan fingerprint density at radius 1 is 1.16 bits per heavy atom. The highest BCUT2D eigenvalue weighted by molar-refractivity contribution is 6.18. The van der Waals surface area contributed by atoms with Crippen LogP contribution in [0.15, 0.2) is 72.9 Å². The summed E-state index contributed by atoms with van der Waals surface area (Å²) in [6.07, 6.45) is 1.58. The molecule has 4 aromatic rings. The Hall–Kier alpha value is -4.81. The number of aryl methyl sites for hydroxylation is 1. The van der Waals surface area contributed by atoms with Crippen LogP contribution in [-0.2, 0) is 10.3 Å². The monoisotopic (exact) mass is 505 g/mol. The number of carbonyl (C=O) groups is 2. The topological polar surface area (TPSA) is 132 Å². The lowest BCUT2D eigenvalue weighted by molar-refractivity contribution is -0.384. The molecule has 9 nitrogen and oxygen atoms in total. The predicted molar refractivity (Wildman–Crippen MR) is 141 cm³/mol. The summed E-state index contributed by atoms with van der Waals surface area (Å²) in [5, 5.41) is 26.3. The van der Waals surface area contributed by atoms with Crippen molar-refractivity contribution in [1.29, 1.82) is 5.26 Å². The molecule has 1 aromatic heterocycles. The van der Waals surface area contributed by atoms with Crippen LogP contribution in [0.3, 0.4) is 0 Å². The van der Waals surface area contributed by atoms with Gasteiger partial charge in [-0.15, -0.1) is 0 Å². The molecular formula is C29H23N5O4. The zero-order valence-electron chi connectivity index (χ0n) is 20.7. The number of benzene rings is 3. The van der Waals surface area contributed by atoms with Gasteiger partial charge in [-0.2, -0.15) is 5.26 Å². The number of carbonyl (C=O) groups excluding carboxylic acids is 2. The molecule has 2 aliphatic heterocycles. The van der Waals surface area contributed by atoms with Crippen LogP contribution < -0.4 is 5.32 Å². The van der Waals surface area contributed by atoms with Crippen LogP contribution in [0.2, 0.25) is 0 Å². The first-order chi connectivity index (χ1) is 18.3. The number of nitrogens with zero attached hydrogens (tertiary/aromatic N) is 3. The zero-order chi connectivity index (χ0) is 26.8. The number of non-ortho nitro benzene ring substituents is 1. The zero-order valence-corrected chi connectivity index (χ0v) is 20.7. The van der Waals surface area contributed by atoms with Gasteiger partial charge in [-0.1, -0.05) is 48.0 Å². The molecule has 0 radical (unpaired) electrons. The number of likely N-dealkylation sites (tertiary alicyclic amines) is 1. The molecule has 188 valence electrons. The number of fused-ring (bicyclic) bond motifs is 3. The normalized spacial score (nSPS) is 24.3. The molecule has 3 aromatic carbocycles. The number of Topliss-reactive ketones (excluding diaryl/α,β-unsaturated/α-hetero) is 1. The van der Waals surface area contributed by atoms with Crippen molar-refractivity contribution >= 4 is 34.0 Å². The van der Waals surface area contributed by atoms with Gasteiger partial charge in [0.25, 0.3) is 11.6 Å². The molecule has 0 saturated carbocycles. The maximum atomic E-state index is 14.8. The van der Waals surface area contributed by atoms with Gasteiger partial charge in [-0.05, 0) is 31.7 Å². The number of likely N-dealkylation sites (N-methyl/N-ethyl adjacent to an activating group) is 1. The smallest absolute Gasteiger partial charge is 0.269 e. The molecule has 1 spiro atoms. The van der Waals surface area contributed by atoms with Gasteiger partial charge in [0.2, 0.25) is 0 Å². The van der Waals surface area contributed by atoms with E-state index in [2.05, 4.69) is 16.4 Å². The Morgan fingerprint density at radius 3 is 2.71 bits per heavy atom. The molecule has 2 aliphatic rings. The van der Waals surface area contributed by atoms with E-state index in [1.54, 1.807) is 42.4 Å². The maximum absolute atomic E-state index is 14.8. The fourth-order valence-corrected chi connectivity index (χ4v) is 6.49. The van der Waals surface area contributed by atoms with Gasteiger partial charge in [0.05, 0.1) is 11.0 Å². The number of anilines is 1. The summed E-state index contributed by atoms with van der Waals surface area (Å²) in [5.74, 6) is -1.82. The fourth-order valence-electron chi connectivity index (χ4n) is 6.49. The summed E-state index contributed by atoms with van der Waals surface area (Å²) in [6.45, 7) is 2.04. The van der Waals surface area contributed by atoms with Crippen LogP contribution in [0.4, 0.5) is 11.4 Å². The molecule has 9 heteroatoms. The number of nitrogens with one attached hydrogen (secondary N) is 2. The fraction of sp³-hybridized carbons (Fsp3) is 0.207. The summed E-state index contributed by atoms with van der Waals surface area (Å²) in [6, 6.07) is 21.1. The molecule has 1 saturated heterocycles. The van der Waals surface area contributed by atoms with Gasteiger partial charge >= 0.3 is 0 Å². The number of para-hydroxylation sites is 1. The van der Waals surface area contributed by atoms with Crippen molar-refractivity contribution < 1.29 is 14.5 Å². The third kappa shape index (κ3) is 2.83. The van der Waals surface area contributed by atoms with E-state index in [1.807, 2.05) is 37.3 Å². The van der Waals surface area contributed by atoms with Crippen molar-refractivity contribution in [1.82, 2.24) is 9.88 Å². The molecule has 38 heavy (non-hydrogen) atoms. The summed E-state index contributed by atoms with van der Waals surface area (Å²) < 4.78 is 0. The van der Waals surface area contributed by atoms with E-state index in [1.165, 1.54) is 12.1 Å². The quantitative estimate of drug-likeness (QED) is 0.236. The minimum Gasteiger partial charge on any atom is -0.360 e. The van der Waals surface area contributed by atoms with Crippen molar-refractivity contribution in [2.45, 2.75) is 18.4 Å². The highest BCUT2D eigenvalue weighted by Crippen LogP contribution is 2.63. The number of nitriles is 1. The van der Waals surface area contributed by atoms with Crippen LogP contribution in [0.5, 0.6) is 0 Å². The van der Waals surface area contributed by atoms with Crippen LogP contribution in [0, 0.1) is 33.8 Å². The Bertz CT molecular complexity index is 1720. The summed E-state index contributed by atoms with van der Waals surface area (Å²) in [4.78, 5) is 44.9. The standard InChI is InChI=1S/C29H23N5O4/c1-17-10-11-25-22(12-17)29(27(36)32-25)28(16-30,26(35)21-14-31-24-9-4-3-8-20(21)24)23(15-33(29)2)18-6-5-7-19(13-18)34(37)38/h3-14,23,31H,15H2,1-2H3,(H,32,36)/t23-,28+,29?/m0/s1. The average molecular weight is 506 g/mol. The van der Waals surface area contributed by atoms with E-state index in [0.29, 0.717) is 27.8 Å². The summed E-state index contributed by atoms with van der Waals surface area (Å²) in [7, 11) is 1.73. The highest BCUT2D eigenvalue weighted by Gasteiger charge is 2.74. The number of nitro groups is 1. The van der Waals surface area contributed by atoms with Crippen LogP contribution >= 0.6 is 0 Å². The first kappa shape index (κ1) is 23.6. The van der Waals surface area contributed by atoms with Gasteiger partial charge in [-0.25, -0.2) is 0 Å². The number of aromatic amines is 1. The number of H-pyrrole nitrogens is 1. The molecule has 6 rings (SSSR count). The minimum absolute atomic E-state index is 0.149. The molecule has 1 fully saturated rings. The van der Waals surface area contributed by atoms with Crippen molar-refractivity contribution in [3.05, 3.63) is 105 Å². The van der Waals surface area contributed by atoms with Crippen LogP contribution in [0.1, 0.15) is 33.0 Å². The van der Waals surface area contributed by atoms with Crippen molar-refractivity contribution in [3.63, 3.8) is 0 Å². The SMILES string of the molecule is Cc1ccc2c(c1)C1(C(=O)N2)N(C)C[C@@H](c2cccc([N+](=O)[O-])c2)[C@]1(C#N)C(=O)c1c[nH]c2ccccc12. The largest absolute Gasteiger partial charge is 0.360 e. The Kier molecular flexibility index (Phi) is 5.02. The number of nitro benzene ring substituents is 1. The lowest BCUT2D eigenvalue weighted by atomic mass is 9.58. The molecule has 2 N–H and O–H groups in total. The van der Waals surface area contributed by atoms with E-state index < -0.39 is 33.5 Å². The second-order valence-corrected chi connectivity index (χ2v) is 10.00. The van der Waals surface area contributed by atoms with Gasteiger partial charge in [0.1, 0.15) is 0 Å². The molecule has 3 heterocycles. The van der Waals surface area contributed by atoms with Gasteiger partial charge < -0.3 is 10.3 Å². The van der Waals surface area contributed by atoms with Gasteiger partial charge in [-0.3, -0.25) is 24.6 Å². The Morgan fingerprint density at radius 2 is 1.95 bits per heavy atom. The van der Waals surface area contributed by atoms with Gasteiger partial charge in [0, 0.05) is 58.5 Å². The maximum Gasteiger partial charge on any atom is 0.269 e. The molecule has 3 atom stereocenters. The molecule has 0 bridgehead atoms. The van der Waals surface area contributed by atoms with Crippen molar-refractivity contribution in [2.75, 3.05) is 18.9 Å². The van der Waals surface area contributed by atoms with E-state index in [9.17, 15) is 25.0 Å². The molecular weight excluding hydrogens is 482 g/mol. The third-order valence-corrected chi connectivity index (χ3v) is 8.12. The highest BCUT2D eigenvalue weighted by atomic mass is 16.6. The lowest BCUT2D eigenvalue weighted by Gasteiger charge is -2.41. The number of ketones is 1. The van der Waals surface area contributed by atoms with Gasteiger partial charge in [0.15, 0.2) is 16.7 Å². The summed E-state index contributed by atoms with van der Waals surface area (Å²) >= 11 is 0. The second kappa shape index (κ2) is 8.10. The Labute approximate surface area is 217 Å². The first-order valence-electron chi connectivity index (χ1n) is 12.2. The first-order valence-corrected chi connectivity index (χ1v) is 12.2. The number of aromatic nitrogens is 1. The minimum atomic E-state index is -1.94. The predicted octanol–water partition coefficient (Wildman–Crippen LogP) is 4.65. The Balaban J connectivity index is 1.69. The lowest BCUT2D eigenvalue weighted by Crippen LogP contribution is -2.58. The van der Waals surface area contributed by atoms with Crippen molar-refractivity contribution in [2.24, 2.45) is 5.41 Å². The third-order valence-electron chi connectivity index (χ3n) is 8.12. The summed E-state index contributed by atoms with van der Waals surface area (Å²) in [5.41, 5.74) is -0.316. The van der Waals surface area contributed by atoms with Crippen molar-refractivity contribution in [3.8, 4) is 6.07 Å².